The summed E-state index contributed by atoms with van der Waals surface area (Å²) in [4.78, 5) is 42.1. The minimum absolute atomic E-state index is 0.182. The van der Waals surface area contributed by atoms with Gasteiger partial charge in [-0.25, -0.2) is 4.79 Å². The van der Waals surface area contributed by atoms with Crippen molar-refractivity contribution in [2.75, 3.05) is 37.6 Å². The van der Waals surface area contributed by atoms with Gasteiger partial charge in [-0.3, -0.25) is 14.5 Å². The first kappa shape index (κ1) is 18.2. The first-order valence-corrected chi connectivity index (χ1v) is 9.08. The second-order valence-corrected chi connectivity index (χ2v) is 7.16. The third-order valence-corrected chi connectivity index (χ3v) is 5.43. The number of anilines is 1. The lowest BCUT2D eigenvalue weighted by Crippen LogP contribution is -2.52. The number of imide groups is 1. The van der Waals surface area contributed by atoms with Gasteiger partial charge in [-0.1, -0.05) is 25.1 Å². The van der Waals surface area contributed by atoms with Gasteiger partial charge in [0.2, 0.25) is 5.91 Å². The summed E-state index contributed by atoms with van der Waals surface area (Å²) in [5.74, 6) is -0.504. The highest BCUT2D eigenvalue weighted by atomic mass is 16.2. The largest absolute Gasteiger partial charge is 0.368 e. The molecule has 0 radical (unpaired) electrons. The minimum Gasteiger partial charge on any atom is -0.368 e. The molecule has 1 N–H and O–H groups in total. The normalized spacial score (nSPS) is 23.4. The Kier molecular flexibility index (Phi) is 4.89. The third-order valence-electron chi connectivity index (χ3n) is 5.43. The highest BCUT2D eigenvalue weighted by molar-refractivity contribution is 6.08. The van der Waals surface area contributed by atoms with Crippen LogP contribution in [0.3, 0.4) is 0 Å². The quantitative estimate of drug-likeness (QED) is 0.825. The molecule has 1 aromatic carbocycles. The predicted molar refractivity (Wildman–Crippen MR) is 98.9 cm³/mol. The molecule has 7 nitrogen and oxygen atoms in total. The number of urea groups is 1. The molecule has 2 aliphatic rings. The minimum atomic E-state index is -0.902. The Hall–Kier alpha value is -2.57. The Morgan fingerprint density at radius 1 is 1.15 bits per heavy atom. The van der Waals surface area contributed by atoms with E-state index in [0.29, 0.717) is 19.5 Å². The van der Waals surface area contributed by atoms with Crippen molar-refractivity contribution in [3.05, 3.63) is 29.8 Å². The van der Waals surface area contributed by atoms with E-state index >= 15 is 0 Å². The first-order valence-electron chi connectivity index (χ1n) is 9.08. The van der Waals surface area contributed by atoms with Crippen molar-refractivity contribution in [1.29, 1.82) is 0 Å². The van der Waals surface area contributed by atoms with Gasteiger partial charge in [0.1, 0.15) is 12.1 Å². The average Bonchev–Trinajstić information content (AvgIpc) is 2.86. The molecule has 0 aromatic heterocycles. The fraction of sp³-hybridized carbons (Fsp3) is 0.526. The van der Waals surface area contributed by atoms with E-state index in [2.05, 4.69) is 29.3 Å². The van der Waals surface area contributed by atoms with E-state index in [1.54, 1.807) is 11.8 Å². The Labute approximate surface area is 153 Å². The molecule has 0 saturated carbocycles. The van der Waals surface area contributed by atoms with Crippen LogP contribution in [-0.4, -0.2) is 65.9 Å². The molecule has 2 aliphatic heterocycles. The molecule has 2 saturated heterocycles. The molecule has 0 bridgehead atoms. The summed E-state index contributed by atoms with van der Waals surface area (Å²) in [6, 6.07) is 7.72. The number of hydrogen-bond donors (Lipinski definition) is 1. The third kappa shape index (κ3) is 3.25. The van der Waals surface area contributed by atoms with Crippen LogP contribution in [0.25, 0.3) is 0 Å². The summed E-state index contributed by atoms with van der Waals surface area (Å²) in [6.45, 7) is 8.07. The van der Waals surface area contributed by atoms with Crippen LogP contribution in [0.2, 0.25) is 0 Å². The molecule has 1 aromatic rings. The van der Waals surface area contributed by atoms with Crippen LogP contribution in [0.4, 0.5) is 10.5 Å². The monoisotopic (exact) mass is 358 g/mol. The SMILES string of the molecule is CC[C@@]1(C)NC(=O)N(CC(=O)N2CCN(c3ccccc3C)CC2)C1=O. The molecule has 1 atom stereocenters. The molecule has 4 amide bonds. The van der Waals surface area contributed by atoms with Crippen LogP contribution in [-0.2, 0) is 9.59 Å². The molecular weight excluding hydrogens is 332 g/mol. The second-order valence-electron chi connectivity index (χ2n) is 7.16. The Bertz CT molecular complexity index is 727. The standard InChI is InChI=1S/C19H26N4O3/c1-4-19(3)17(25)23(18(26)20-19)13-16(24)22-11-9-21(10-12-22)15-8-6-5-7-14(15)2/h5-8H,4,9-13H2,1-3H3,(H,20,26)/t19-/m1/s1. The molecular formula is C19H26N4O3. The van der Waals surface area contributed by atoms with Crippen molar-refractivity contribution in [2.45, 2.75) is 32.7 Å². The highest BCUT2D eigenvalue weighted by Gasteiger charge is 2.47. The highest BCUT2D eigenvalue weighted by Crippen LogP contribution is 2.22. The second kappa shape index (κ2) is 6.97. The smallest absolute Gasteiger partial charge is 0.325 e. The Morgan fingerprint density at radius 3 is 2.38 bits per heavy atom. The van der Waals surface area contributed by atoms with Gasteiger partial charge >= 0.3 is 6.03 Å². The number of carbonyl (C=O) groups excluding carboxylic acids is 3. The van der Waals surface area contributed by atoms with Crippen molar-refractivity contribution in [1.82, 2.24) is 15.1 Å². The number of benzene rings is 1. The van der Waals surface area contributed by atoms with E-state index in [1.165, 1.54) is 11.3 Å². The van der Waals surface area contributed by atoms with E-state index < -0.39 is 11.6 Å². The van der Waals surface area contributed by atoms with Gasteiger partial charge in [0.25, 0.3) is 5.91 Å². The topological polar surface area (TPSA) is 73.0 Å². The maximum Gasteiger partial charge on any atom is 0.325 e. The summed E-state index contributed by atoms with van der Waals surface area (Å²) >= 11 is 0. The number of nitrogens with one attached hydrogen (secondary N) is 1. The number of para-hydroxylation sites is 1. The lowest BCUT2D eigenvalue weighted by atomic mass is 9.99. The van der Waals surface area contributed by atoms with Crippen molar-refractivity contribution < 1.29 is 14.4 Å². The Morgan fingerprint density at radius 2 is 1.81 bits per heavy atom. The van der Waals surface area contributed by atoms with Crippen molar-refractivity contribution >= 4 is 23.5 Å². The fourth-order valence-corrected chi connectivity index (χ4v) is 3.48. The Balaban J connectivity index is 1.59. The molecule has 0 spiro atoms. The number of aryl methyl sites for hydroxylation is 1. The van der Waals surface area contributed by atoms with Gasteiger partial charge in [0.15, 0.2) is 0 Å². The van der Waals surface area contributed by atoms with Gasteiger partial charge in [-0.05, 0) is 31.9 Å². The molecule has 140 valence electrons. The zero-order chi connectivity index (χ0) is 18.9. The van der Waals surface area contributed by atoms with Crippen LogP contribution < -0.4 is 10.2 Å². The van der Waals surface area contributed by atoms with Crippen LogP contribution in [0.5, 0.6) is 0 Å². The summed E-state index contributed by atoms with van der Waals surface area (Å²) < 4.78 is 0. The molecule has 3 rings (SSSR count). The zero-order valence-corrected chi connectivity index (χ0v) is 15.6. The average molecular weight is 358 g/mol. The number of nitrogens with zero attached hydrogens (tertiary/aromatic N) is 3. The maximum absolute atomic E-state index is 12.6. The van der Waals surface area contributed by atoms with Crippen LogP contribution >= 0.6 is 0 Å². The predicted octanol–water partition coefficient (Wildman–Crippen LogP) is 1.36. The van der Waals surface area contributed by atoms with E-state index in [0.717, 1.165) is 18.0 Å². The van der Waals surface area contributed by atoms with E-state index in [4.69, 9.17) is 0 Å². The van der Waals surface area contributed by atoms with Crippen molar-refractivity contribution in [3.8, 4) is 0 Å². The maximum atomic E-state index is 12.6. The summed E-state index contributed by atoms with van der Waals surface area (Å²) in [6.07, 6.45) is 0.497. The summed E-state index contributed by atoms with van der Waals surface area (Å²) in [7, 11) is 0. The van der Waals surface area contributed by atoms with Gasteiger partial charge in [0.05, 0.1) is 0 Å². The molecule has 0 aliphatic carbocycles. The van der Waals surface area contributed by atoms with Crippen molar-refractivity contribution in [2.24, 2.45) is 0 Å². The zero-order valence-electron chi connectivity index (χ0n) is 15.6. The number of hydrogen-bond acceptors (Lipinski definition) is 4. The lowest BCUT2D eigenvalue weighted by molar-refractivity contribution is -0.139. The summed E-state index contributed by atoms with van der Waals surface area (Å²) in [5, 5.41) is 2.68. The molecule has 7 heteroatoms. The molecule has 2 heterocycles. The molecule has 2 fully saturated rings. The van der Waals surface area contributed by atoms with Crippen LogP contribution in [0.15, 0.2) is 24.3 Å². The first-order chi connectivity index (χ1) is 12.4. The van der Waals surface area contributed by atoms with E-state index in [-0.39, 0.29) is 18.4 Å². The number of rotatable bonds is 4. The van der Waals surface area contributed by atoms with Gasteiger partial charge in [-0.15, -0.1) is 0 Å². The van der Waals surface area contributed by atoms with E-state index in [1.807, 2.05) is 19.1 Å². The lowest BCUT2D eigenvalue weighted by Gasteiger charge is -2.37. The van der Waals surface area contributed by atoms with E-state index in [9.17, 15) is 14.4 Å². The summed E-state index contributed by atoms with van der Waals surface area (Å²) in [5.41, 5.74) is 1.50. The number of piperazine rings is 1. The molecule has 0 unspecified atom stereocenters. The molecule has 26 heavy (non-hydrogen) atoms. The van der Waals surface area contributed by atoms with Crippen LogP contribution in [0.1, 0.15) is 25.8 Å². The fourth-order valence-electron chi connectivity index (χ4n) is 3.48. The number of amides is 4. The van der Waals surface area contributed by atoms with Crippen molar-refractivity contribution in [3.63, 3.8) is 0 Å². The van der Waals surface area contributed by atoms with Gasteiger partial charge in [0, 0.05) is 31.9 Å². The van der Waals surface area contributed by atoms with Gasteiger partial charge in [-0.2, -0.15) is 0 Å². The van der Waals surface area contributed by atoms with Gasteiger partial charge < -0.3 is 15.1 Å². The van der Waals surface area contributed by atoms with Crippen LogP contribution in [0, 0.1) is 6.92 Å². The number of carbonyl (C=O) groups is 3.